The Morgan fingerprint density at radius 3 is 2.26 bits per heavy atom. The molecule has 2 aromatic rings. The Balaban J connectivity index is 1.62. The lowest BCUT2D eigenvalue weighted by atomic mass is 10.1. The van der Waals surface area contributed by atoms with E-state index >= 15 is 0 Å². The third-order valence-corrected chi connectivity index (χ3v) is 4.16. The molecule has 2 rings (SSSR count). The SMILES string of the molecule is COc1ccc(CCNC[C@H](O)COCc2ccc(OC)c(OC)c2)cc1. The molecule has 0 aliphatic carbocycles. The summed E-state index contributed by atoms with van der Waals surface area (Å²) in [6, 6.07) is 13.6. The van der Waals surface area contributed by atoms with Gasteiger partial charge >= 0.3 is 0 Å². The van der Waals surface area contributed by atoms with Crippen molar-refractivity contribution in [2.75, 3.05) is 41.0 Å². The molecule has 0 bridgehead atoms. The van der Waals surface area contributed by atoms with Crippen molar-refractivity contribution in [3.8, 4) is 17.2 Å². The van der Waals surface area contributed by atoms with Gasteiger partial charge in [-0.05, 0) is 48.4 Å². The molecular weight excluding hydrogens is 346 g/mol. The molecule has 6 heteroatoms. The lowest BCUT2D eigenvalue weighted by Crippen LogP contribution is -2.31. The van der Waals surface area contributed by atoms with Crippen molar-refractivity contribution in [3.63, 3.8) is 0 Å². The number of rotatable bonds is 12. The average Bonchev–Trinajstić information content (AvgIpc) is 2.71. The number of benzene rings is 2. The Hall–Kier alpha value is -2.28. The second-order valence-electron chi connectivity index (χ2n) is 6.16. The van der Waals surface area contributed by atoms with Gasteiger partial charge in [0.25, 0.3) is 0 Å². The van der Waals surface area contributed by atoms with Gasteiger partial charge in [0.1, 0.15) is 5.75 Å². The number of hydrogen-bond donors (Lipinski definition) is 2. The van der Waals surface area contributed by atoms with Gasteiger partial charge in [-0.3, -0.25) is 0 Å². The summed E-state index contributed by atoms with van der Waals surface area (Å²) in [5.74, 6) is 2.20. The van der Waals surface area contributed by atoms with E-state index in [9.17, 15) is 5.11 Å². The van der Waals surface area contributed by atoms with E-state index in [1.165, 1.54) is 5.56 Å². The minimum Gasteiger partial charge on any atom is -0.497 e. The highest BCUT2D eigenvalue weighted by Gasteiger charge is 2.07. The molecule has 0 aliphatic heterocycles. The second kappa shape index (κ2) is 11.4. The zero-order valence-electron chi connectivity index (χ0n) is 16.2. The van der Waals surface area contributed by atoms with E-state index in [1.54, 1.807) is 21.3 Å². The van der Waals surface area contributed by atoms with Crippen LogP contribution in [0.5, 0.6) is 17.2 Å². The van der Waals surface area contributed by atoms with Crippen LogP contribution in [0.15, 0.2) is 42.5 Å². The third kappa shape index (κ3) is 7.09. The van der Waals surface area contributed by atoms with Crippen molar-refractivity contribution in [2.45, 2.75) is 19.1 Å². The maximum Gasteiger partial charge on any atom is 0.161 e. The van der Waals surface area contributed by atoms with Crippen molar-refractivity contribution < 1.29 is 24.1 Å². The highest BCUT2D eigenvalue weighted by Crippen LogP contribution is 2.27. The molecule has 0 amide bonds. The quantitative estimate of drug-likeness (QED) is 0.556. The minimum absolute atomic E-state index is 0.268. The summed E-state index contributed by atoms with van der Waals surface area (Å²) in [7, 11) is 4.86. The first kappa shape index (κ1) is 21.0. The lowest BCUT2D eigenvalue weighted by Gasteiger charge is -2.13. The monoisotopic (exact) mass is 375 g/mol. The molecule has 0 saturated heterocycles. The molecule has 0 aromatic heterocycles. The highest BCUT2D eigenvalue weighted by atomic mass is 16.5. The van der Waals surface area contributed by atoms with Crippen LogP contribution in [0, 0.1) is 0 Å². The second-order valence-corrected chi connectivity index (χ2v) is 6.16. The molecule has 0 aliphatic rings. The first-order valence-corrected chi connectivity index (χ1v) is 8.96. The molecule has 148 valence electrons. The number of hydrogen-bond acceptors (Lipinski definition) is 6. The summed E-state index contributed by atoms with van der Waals surface area (Å²) < 4.78 is 21.2. The van der Waals surface area contributed by atoms with Crippen molar-refractivity contribution in [3.05, 3.63) is 53.6 Å². The molecule has 0 unspecified atom stereocenters. The smallest absolute Gasteiger partial charge is 0.161 e. The van der Waals surface area contributed by atoms with Gasteiger partial charge in [-0.2, -0.15) is 0 Å². The molecular formula is C21H29NO5. The fraction of sp³-hybridized carbons (Fsp3) is 0.429. The molecule has 0 saturated carbocycles. The third-order valence-electron chi connectivity index (χ3n) is 4.16. The largest absolute Gasteiger partial charge is 0.497 e. The zero-order chi connectivity index (χ0) is 19.5. The maximum absolute atomic E-state index is 10.0. The highest BCUT2D eigenvalue weighted by molar-refractivity contribution is 5.42. The van der Waals surface area contributed by atoms with Crippen LogP contribution in [0.1, 0.15) is 11.1 Å². The topological polar surface area (TPSA) is 69.2 Å². The predicted molar refractivity (Wildman–Crippen MR) is 105 cm³/mol. The van der Waals surface area contributed by atoms with Crippen LogP contribution < -0.4 is 19.5 Å². The van der Waals surface area contributed by atoms with Crippen LogP contribution in [0.3, 0.4) is 0 Å². The maximum atomic E-state index is 10.0. The Morgan fingerprint density at radius 2 is 1.59 bits per heavy atom. The first-order chi connectivity index (χ1) is 13.2. The fourth-order valence-corrected chi connectivity index (χ4v) is 2.64. The summed E-state index contributed by atoms with van der Waals surface area (Å²) in [6.45, 7) is 1.95. The van der Waals surface area contributed by atoms with E-state index in [0.29, 0.717) is 24.7 Å². The number of nitrogens with one attached hydrogen (secondary N) is 1. The van der Waals surface area contributed by atoms with Crippen LogP contribution in [-0.2, 0) is 17.8 Å². The number of ether oxygens (including phenoxy) is 4. The van der Waals surface area contributed by atoms with Crippen molar-refractivity contribution in [1.82, 2.24) is 5.32 Å². The van der Waals surface area contributed by atoms with Crippen LogP contribution in [0.25, 0.3) is 0 Å². The van der Waals surface area contributed by atoms with Crippen molar-refractivity contribution in [2.24, 2.45) is 0 Å². The van der Waals surface area contributed by atoms with E-state index in [-0.39, 0.29) is 6.61 Å². The van der Waals surface area contributed by atoms with E-state index < -0.39 is 6.10 Å². The number of aliphatic hydroxyl groups is 1. The summed E-state index contributed by atoms with van der Waals surface area (Å²) in [4.78, 5) is 0. The standard InChI is InChI=1S/C21H29NO5/c1-24-19-7-4-16(5-8-19)10-11-22-13-18(23)15-27-14-17-6-9-20(25-2)21(12-17)26-3/h4-9,12,18,22-23H,10-11,13-15H2,1-3H3/t18-/m0/s1. The average molecular weight is 375 g/mol. The first-order valence-electron chi connectivity index (χ1n) is 8.96. The van der Waals surface area contributed by atoms with Gasteiger partial charge in [-0.15, -0.1) is 0 Å². The van der Waals surface area contributed by atoms with Crippen LogP contribution in [-0.4, -0.2) is 52.2 Å². The van der Waals surface area contributed by atoms with Crippen LogP contribution in [0.2, 0.25) is 0 Å². The van der Waals surface area contributed by atoms with E-state index in [0.717, 1.165) is 24.3 Å². The van der Waals surface area contributed by atoms with E-state index in [2.05, 4.69) is 5.32 Å². The summed E-state index contributed by atoms with van der Waals surface area (Å²) in [6.07, 6.45) is 0.337. The van der Waals surface area contributed by atoms with Gasteiger partial charge in [-0.1, -0.05) is 18.2 Å². The normalized spacial score (nSPS) is 11.9. The van der Waals surface area contributed by atoms with Gasteiger partial charge in [0.2, 0.25) is 0 Å². The van der Waals surface area contributed by atoms with Crippen LogP contribution in [0.4, 0.5) is 0 Å². The molecule has 2 aromatic carbocycles. The van der Waals surface area contributed by atoms with Crippen molar-refractivity contribution >= 4 is 0 Å². The van der Waals surface area contributed by atoms with E-state index in [1.807, 2.05) is 42.5 Å². The fourth-order valence-electron chi connectivity index (χ4n) is 2.64. The van der Waals surface area contributed by atoms with Gasteiger partial charge in [-0.25, -0.2) is 0 Å². The van der Waals surface area contributed by atoms with Crippen molar-refractivity contribution in [1.29, 1.82) is 0 Å². The zero-order valence-corrected chi connectivity index (χ0v) is 16.2. The Morgan fingerprint density at radius 1 is 0.889 bits per heavy atom. The summed E-state index contributed by atoms with van der Waals surface area (Å²) in [5, 5.41) is 13.3. The molecule has 0 heterocycles. The molecule has 0 radical (unpaired) electrons. The molecule has 6 nitrogen and oxygen atoms in total. The van der Waals surface area contributed by atoms with Gasteiger partial charge in [0, 0.05) is 6.54 Å². The molecule has 0 fully saturated rings. The number of aliphatic hydroxyl groups excluding tert-OH is 1. The summed E-state index contributed by atoms with van der Waals surface area (Å²) in [5.41, 5.74) is 2.19. The van der Waals surface area contributed by atoms with E-state index in [4.69, 9.17) is 18.9 Å². The Kier molecular flexibility index (Phi) is 8.91. The predicted octanol–water partition coefficient (Wildman–Crippen LogP) is 2.42. The lowest BCUT2D eigenvalue weighted by molar-refractivity contribution is 0.0289. The molecule has 27 heavy (non-hydrogen) atoms. The number of methoxy groups -OCH3 is 3. The summed E-state index contributed by atoms with van der Waals surface area (Å²) >= 11 is 0. The van der Waals surface area contributed by atoms with Gasteiger partial charge < -0.3 is 29.4 Å². The Bertz CT molecular complexity index is 675. The minimum atomic E-state index is -0.555. The molecule has 2 N–H and O–H groups in total. The van der Waals surface area contributed by atoms with Gasteiger partial charge in [0.15, 0.2) is 11.5 Å². The van der Waals surface area contributed by atoms with Crippen LogP contribution >= 0.6 is 0 Å². The Labute approximate surface area is 161 Å². The molecule has 1 atom stereocenters. The molecule has 0 spiro atoms. The van der Waals surface area contributed by atoms with Gasteiger partial charge in [0.05, 0.1) is 40.6 Å².